The smallest absolute Gasteiger partial charge is 0.303 e. The fraction of sp³-hybridized carbons (Fsp3) is 0.250. The highest BCUT2D eigenvalue weighted by Gasteiger charge is 2.11. The van der Waals surface area contributed by atoms with Gasteiger partial charge >= 0.3 is 5.97 Å². The number of fused-ring (bicyclic) bond motifs is 1. The Labute approximate surface area is 107 Å². The maximum absolute atomic E-state index is 12.1. The van der Waals surface area contributed by atoms with Gasteiger partial charge in [0.25, 0.3) is 5.56 Å². The molecule has 2 aromatic rings. The SMILES string of the molecule is O=C(O)CCCn1cnc2c(O)c(O)ccc2c1=O. The number of phenols is 2. The number of rotatable bonds is 4. The summed E-state index contributed by atoms with van der Waals surface area (Å²) in [4.78, 5) is 26.4. The van der Waals surface area contributed by atoms with Gasteiger partial charge in [-0.3, -0.25) is 14.2 Å². The van der Waals surface area contributed by atoms with Gasteiger partial charge in [-0.2, -0.15) is 0 Å². The van der Waals surface area contributed by atoms with Crippen LogP contribution in [0.1, 0.15) is 12.8 Å². The minimum atomic E-state index is -0.927. The number of phenolic OH excluding ortho intramolecular Hbond substituents is 2. The summed E-state index contributed by atoms with van der Waals surface area (Å²) in [6, 6.07) is 2.58. The third kappa shape index (κ3) is 2.49. The number of carboxylic acids is 1. The van der Waals surface area contributed by atoms with Crippen molar-refractivity contribution in [2.45, 2.75) is 19.4 Å². The van der Waals surface area contributed by atoms with Gasteiger partial charge in [0.15, 0.2) is 11.5 Å². The number of carboxylic acid groups (broad SMARTS) is 1. The molecule has 1 aromatic heterocycles. The molecule has 100 valence electrons. The quantitative estimate of drug-likeness (QED) is 0.700. The number of aromatic hydroxyl groups is 2. The van der Waals surface area contributed by atoms with Crippen LogP contribution in [0.4, 0.5) is 0 Å². The second kappa shape index (κ2) is 4.97. The fourth-order valence-corrected chi connectivity index (χ4v) is 1.77. The third-order valence-electron chi connectivity index (χ3n) is 2.74. The number of aromatic nitrogens is 2. The van der Waals surface area contributed by atoms with E-state index in [4.69, 9.17) is 5.11 Å². The zero-order valence-corrected chi connectivity index (χ0v) is 9.91. The van der Waals surface area contributed by atoms with E-state index in [1.807, 2.05) is 0 Å². The molecule has 7 heteroatoms. The molecule has 0 unspecified atom stereocenters. The lowest BCUT2D eigenvalue weighted by molar-refractivity contribution is -0.137. The van der Waals surface area contributed by atoms with Gasteiger partial charge in [-0.05, 0) is 18.6 Å². The molecule has 0 aliphatic heterocycles. The van der Waals surface area contributed by atoms with Gasteiger partial charge in [0.1, 0.15) is 5.52 Å². The molecular weight excluding hydrogens is 252 g/mol. The zero-order chi connectivity index (χ0) is 14.0. The van der Waals surface area contributed by atoms with Crippen LogP contribution in [0.15, 0.2) is 23.3 Å². The molecule has 0 saturated carbocycles. The van der Waals surface area contributed by atoms with Crippen LogP contribution in [0.5, 0.6) is 11.5 Å². The Morgan fingerprint density at radius 3 is 2.74 bits per heavy atom. The lowest BCUT2D eigenvalue weighted by atomic mass is 10.2. The van der Waals surface area contributed by atoms with Crippen molar-refractivity contribution >= 4 is 16.9 Å². The third-order valence-corrected chi connectivity index (χ3v) is 2.74. The standard InChI is InChI=1S/C12H12N2O5/c15-8-4-3-7-10(11(8)18)13-6-14(12(7)19)5-1-2-9(16)17/h3-4,6,15,18H,1-2,5H2,(H,16,17). The van der Waals surface area contributed by atoms with Crippen LogP contribution in [0.2, 0.25) is 0 Å². The minimum Gasteiger partial charge on any atom is -0.504 e. The number of aliphatic carboxylic acids is 1. The van der Waals surface area contributed by atoms with E-state index in [-0.39, 0.29) is 35.2 Å². The molecular formula is C12H12N2O5. The van der Waals surface area contributed by atoms with Gasteiger partial charge in [0.2, 0.25) is 0 Å². The Bertz CT molecular complexity index is 692. The van der Waals surface area contributed by atoms with Crippen LogP contribution in [0.25, 0.3) is 10.9 Å². The fourth-order valence-electron chi connectivity index (χ4n) is 1.77. The molecule has 0 atom stereocenters. The molecule has 0 radical (unpaired) electrons. The highest BCUT2D eigenvalue weighted by Crippen LogP contribution is 2.30. The van der Waals surface area contributed by atoms with Gasteiger partial charge in [0, 0.05) is 13.0 Å². The zero-order valence-electron chi connectivity index (χ0n) is 9.91. The molecule has 1 aromatic carbocycles. The van der Waals surface area contributed by atoms with Crippen LogP contribution in [0.3, 0.4) is 0 Å². The van der Waals surface area contributed by atoms with Crippen molar-refractivity contribution in [2.75, 3.05) is 0 Å². The van der Waals surface area contributed by atoms with Crippen LogP contribution in [-0.2, 0) is 11.3 Å². The molecule has 3 N–H and O–H groups in total. The molecule has 0 saturated heterocycles. The topological polar surface area (TPSA) is 113 Å². The van der Waals surface area contributed by atoms with Crippen LogP contribution in [-0.4, -0.2) is 30.8 Å². The highest BCUT2D eigenvalue weighted by molar-refractivity contribution is 5.85. The molecule has 0 amide bonds. The first-order chi connectivity index (χ1) is 9.00. The highest BCUT2D eigenvalue weighted by atomic mass is 16.4. The number of aryl methyl sites for hydroxylation is 1. The van der Waals surface area contributed by atoms with Crippen molar-refractivity contribution in [3.63, 3.8) is 0 Å². The lowest BCUT2D eigenvalue weighted by Crippen LogP contribution is -2.21. The second-order valence-corrected chi connectivity index (χ2v) is 4.07. The van der Waals surface area contributed by atoms with Crippen molar-refractivity contribution in [2.24, 2.45) is 0 Å². The summed E-state index contributed by atoms with van der Waals surface area (Å²) >= 11 is 0. The van der Waals surface area contributed by atoms with E-state index >= 15 is 0 Å². The Hall–Kier alpha value is -2.57. The Morgan fingerprint density at radius 1 is 1.32 bits per heavy atom. The molecule has 19 heavy (non-hydrogen) atoms. The largest absolute Gasteiger partial charge is 0.504 e. The second-order valence-electron chi connectivity index (χ2n) is 4.07. The molecule has 7 nitrogen and oxygen atoms in total. The van der Waals surface area contributed by atoms with Gasteiger partial charge in [-0.15, -0.1) is 0 Å². The maximum Gasteiger partial charge on any atom is 0.303 e. The van der Waals surface area contributed by atoms with E-state index in [0.29, 0.717) is 6.42 Å². The van der Waals surface area contributed by atoms with E-state index < -0.39 is 11.7 Å². The first kappa shape index (κ1) is 12.9. The first-order valence-corrected chi connectivity index (χ1v) is 5.62. The normalized spacial score (nSPS) is 10.7. The summed E-state index contributed by atoms with van der Waals surface area (Å²) in [5.41, 5.74) is -0.356. The first-order valence-electron chi connectivity index (χ1n) is 5.62. The Morgan fingerprint density at radius 2 is 2.05 bits per heavy atom. The van der Waals surface area contributed by atoms with E-state index in [0.717, 1.165) is 0 Å². The van der Waals surface area contributed by atoms with Crippen LogP contribution < -0.4 is 5.56 Å². The van der Waals surface area contributed by atoms with Crippen molar-refractivity contribution in [3.05, 3.63) is 28.8 Å². The summed E-state index contributed by atoms with van der Waals surface area (Å²) in [7, 11) is 0. The van der Waals surface area contributed by atoms with Crippen molar-refractivity contribution in [1.29, 1.82) is 0 Å². The molecule has 0 fully saturated rings. The number of nitrogens with zero attached hydrogens (tertiary/aromatic N) is 2. The van der Waals surface area contributed by atoms with Crippen LogP contribution >= 0.6 is 0 Å². The average Bonchev–Trinajstić information content (AvgIpc) is 2.36. The number of hydrogen-bond acceptors (Lipinski definition) is 5. The predicted molar refractivity (Wildman–Crippen MR) is 66.2 cm³/mol. The number of benzene rings is 1. The van der Waals surface area contributed by atoms with Crippen molar-refractivity contribution in [3.8, 4) is 11.5 Å². The predicted octanol–water partition coefficient (Wildman–Crippen LogP) is 0.672. The minimum absolute atomic E-state index is 0.0273. The van der Waals surface area contributed by atoms with E-state index in [1.165, 1.54) is 23.0 Å². The summed E-state index contributed by atoms with van der Waals surface area (Å²) in [6.07, 6.45) is 1.50. The molecule has 0 bridgehead atoms. The van der Waals surface area contributed by atoms with Gasteiger partial charge in [0.05, 0.1) is 11.7 Å². The van der Waals surface area contributed by atoms with E-state index in [2.05, 4.69) is 4.98 Å². The lowest BCUT2D eigenvalue weighted by Gasteiger charge is -2.07. The molecule has 0 aliphatic rings. The molecule has 2 rings (SSSR count). The molecule has 0 spiro atoms. The molecule has 1 heterocycles. The summed E-state index contributed by atoms with van der Waals surface area (Å²) < 4.78 is 1.28. The maximum atomic E-state index is 12.1. The molecule has 0 aliphatic carbocycles. The van der Waals surface area contributed by atoms with Crippen molar-refractivity contribution in [1.82, 2.24) is 9.55 Å². The number of carbonyl (C=O) groups is 1. The van der Waals surface area contributed by atoms with Crippen molar-refractivity contribution < 1.29 is 20.1 Å². The van der Waals surface area contributed by atoms with Gasteiger partial charge < -0.3 is 15.3 Å². The van der Waals surface area contributed by atoms with E-state index in [9.17, 15) is 19.8 Å². The Balaban J connectivity index is 2.39. The Kier molecular flexibility index (Phi) is 3.37. The van der Waals surface area contributed by atoms with Crippen LogP contribution in [0, 0.1) is 0 Å². The average molecular weight is 264 g/mol. The summed E-state index contributed by atoms with van der Waals surface area (Å²) in [5.74, 6) is -1.71. The van der Waals surface area contributed by atoms with Gasteiger partial charge in [-0.1, -0.05) is 0 Å². The summed E-state index contributed by atoms with van der Waals surface area (Å²) in [6.45, 7) is 0.232. The van der Waals surface area contributed by atoms with Gasteiger partial charge in [-0.25, -0.2) is 4.98 Å². The monoisotopic (exact) mass is 264 g/mol. The number of hydrogen-bond donors (Lipinski definition) is 3. The van der Waals surface area contributed by atoms with E-state index in [1.54, 1.807) is 0 Å². The summed E-state index contributed by atoms with van der Waals surface area (Å²) in [5, 5.41) is 27.6.